The molecule has 8 heteroatoms. The topological polar surface area (TPSA) is 43.4 Å². The number of rotatable bonds is 0. The van der Waals surface area contributed by atoms with Gasteiger partial charge >= 0.3 is 19.9 Å². The minimum absolute atomic E-state index is 3.10. The summed E-state index contributed by atoms with van der Waals surface area (Å²) in [6.45, 7) is 0. The number of hydrogen-bond acceptors (Lipinski definition) is 3. The van der Waals surface area contributed by atoms with Crippen LogP contribution in [0.4, 0.5) is 8.78 Å². The summed E-state index contributed by atoms with van der Waals surface area (Å²) in [6, 6.07) is 0. The van der Waals surface area contributed by atoms with Crippen molar-refractivity contribution in [2.45, 2.75) is 9.77 Å². The maximum atomic E-state index is 11.9. The van der Waals surface area contributed by atoms with Gasteiger partial charge in [0.15, 0.2) is 0 Å². The Bertz CT molecular complexity index is 258. The van der Waals surface area contributed by atoms with E-state index in [9.17, 15) is 17.2 Å². The van der Waals surface area contributed by atoms with Crippen molar-refractivity contribution < 1.29 is 21.4 Å². The molecule has 0 amide bonds. The molecule has 0 spiro atoms. The lowest BCUT2D eigenvalue weighted by molar-refractivity contribution is -0.202. The van der Waals surface area contributed by atoms with Crippen LogP contribution in [0.25, 0.3) is 0 Å². The van der Waals surface area contributed by atoms with E-state index < -0.39 is 19.9 Å². The highest BCUT2D eigenvalue weighted by Gasteiger charge is 2.76. The summed E-state index contributed by atoms with van der Waals surface area (Å²) in [5.41, 5.74) is 0. The summed E-state index contributed by atoms with van der Waals surface area (Å²) in [6.07, 6.45) is -4.01. The predicted molar refractivity (Wildman–Crippen MR) is 29.4 cm³/mol. The molecular formula is C2Cl2F2O3S. The smallest absolute Gasteiger partial charge is 0.196 e. The standard InChI is InChI=1S/C2Cl2F2O3S/c3-1(4)2(5,6)9-10(1,7)8. The summed E-state index contributed by atoms with van der Waals surface area (Å²) in [7, 11) is -4.49. The van der Waals surface area contributed by atoms with Crippen molar-refractivity contribution in [1.29, 1.82) is 0 Å². The molecule has 0 radical (unpaired) electrons. The average Bonchev–Trinajstić information content (AvgIpc) is 1.61. The third-order valence-electron chi connectivity index (χ3n) is 0.867. The first-order valence-corrected chi connectivity index (χ1v) is 4.08. The van der Waals surface area contributed by atoms with Gasteiger partial charge in [0.2, 0.25) is 0 Å². The Balaban J connectivity index is 3.08. The minimum atomic E-state index is -4.49. The van der Waals surface area contributed by atoms with E-state index in [1.165, 1.54) is 0 Å². The Morgan fingerprint density at radius 2 is 1.70 bits per heavy atom. The van der Waals surface area contributed by atoms with Crippen LogP contribution in [-0.2, 0) is 14.3 Å². The molecule has 1 aliphatic rings. The van der Waals surface area contributed by atoms with Crippen LogP contribution in [0.5, 0.6) is 0 Å². The van der Waals surface area contributed by atoms with Crippen molar-refractivity contribution in [2.75, 3.05) is 0 Å². The van der Waals surface area contributed by atoms with Gasteiger partial charge in [-0.25, -0.2) is 0 Å². The van der Waals surface area contributed by atoms with Gasteiger partial charge < -0.3 is 0 Å². The Hall–Kier alpha value is 0.350. The van der Waals surface area contributed by atoms with Crippen molar-refractivity contribution in [2.24, 2.45) is 0 Å². The number of hydrogen-bond donors (Lipinski definition) is 0. The molecule has 1 rings (SSSR count). The molecule has 0 bridgehead atoms. The Labute approximate surface area is 65.0 Å². The molecule has 0 atom stereocenters. The summed E-state index contributed by atoms with van der Waals surface area (Å²) in [5, 5.41) is 0. The van der Waals surface area contributed by atoms with E-state index in [4.69, 9.17) is 23.2 Å². The zero-order valence-electron chi connectivity index (χ0n) is 4.14. The zero-order valence-corrected chi connectivity index (χ0v) is 6.47. The Kier molecular flexibility index (Phi) is 1.47. The first kappa shape index (κ1) is 8.45. The van der Waals surface area contributed by atoms with E-state index in [1.807, 2.05) is 0 Å². The molecule has 1 saturated heterocycles. The molecule has 0 unspecified atom stereocenters. The van der Waals surface area contributed by atoms with Crippen molar-refractivity contribution in [3.63, 3.8) is 0 Å². The second kappa shape index (κ2) is 1.74. The lowest BCUT2D eigenvalue weighted by Crippen LogP contribution is -2.59. The van der Waals surface area contributed by atoms with Crippen LogP contribution >= 0.6 is 23.2 Å². The maximum Gasteiger partial charge on any atom is 0.419 e. The summed E-state index contributed by atoms with van der Waals surface area (Å²) in [5.74, 6) is 0. The van der Waals surface area contributed by atoms with Crippen LogP contribution in [-0.4, -0.2) is 18.2 Å². The fraction of sp³-hybridized carbons (Fsp3) is 1.00. The van der Waals surface area contributed by atoms with Crippen LogP contribution < -0.4 is 0 Å². The molecule has 0 aliphatic carbocycles. The van der Waals surface area contributed by atoms with Crippen LogP contribution in [0.3, 0.4) is 0 Å². The van der Waals surface area contributed by atoms with E-state index in [2.05, 4.69) is 4.18 Å². The van der Waals surface area contributed by atoms with Crippen LogP contribution in [0.2, 0.25) is 0 Å². The molecule has 0 saturated carbocycles. The first-order valence-electron chi connectivity index (χ1n) is 1.91. The van der Waals surface area contributed by atoms with Gasteiger partial charge in [-0.2, -0.15) is 21.4 Å². The molecule has 1 aliphatic heterocycles. The van der Waals surface area contributed by atoms with Gasteiger partial charge in [0.25, 0.3) is 0 Å². The van der Waals surface area contributed by atoms with E-state index in [1.54, 1.807) is 0 Å². The normalized spacial score (nSPS) is 32.8. The van der Waals surface area contributed by atoms with Crippen molar-refractivity contribution in [3.8, 4) is 0 Å². The predicted octanol–water partition coefficient (Wildman–Crippen LogP) is 1.07. The van der Waals surface area contributed by atoms with Crippen molar-refractivity contribution >= 4 is 33.3 Å². The fourth-order valence-corrected chi connectivity index (χ4v) is 1.43. The second-order valence-corrected chi connectivity index (χ2v) is 5.03. The molecular weight excluding hydrogens is 213 g/mol. The van der Waals surface area contributed by atoms with Gasteiger partial charge in [0, 0.05) is 0 Å². The van der Waals surface area contributed by atoms with E-state index >= 15 is 0 Å². The lowest BCUT2D eigenvalue weighted by atomic mass is 10.7. The van der Waals surface area contributed by atoms with Crippen LogP contribution in [0.15, 0.2) is 0 Å². The molecule has 0 aromatic carbocycles. The third-order valence-corrected chi connectivity index (χ3v) is 3.74. The fourth-order valence-electron chi connectivity index (χ4n) is 0.350. The second-order valence-electron chi connectivity index (χ2n) is 1.57. The van der Waals surface area contributed by atoms with Crippen LogP contribution in [0, 0.1) is 0 Å². The molecule has 0 N–H and O–H groups in total. The average molecular weight is 213 g/mol. The highest BCUT2D eigenvalue weighted by atomic mass is 35.5. The Morgan fingerprint density at radius 3 is 1.70 bits per heavy atom. The molecule has 1 heterocycles. The lowest BCUT2D eigenvalue weighted by Gasteiger charge is -2.36. The quantitative estimate of drug-likeness (QED) is 0.446. The van der Waals surface area contributed by atoms with E-state index in [0.29, 0.717) is 0 Å². The highest BCUT2D eigenvalue weighted by molar-refractivity contribution is 7.92. The van der Waals surface area contributed by atoms with Crippen molar-refractivity contribution in [1.82, 2.24) is 0 Å². The van der Waals surface area contributed by atoms with Gasteiger partial charge in [-0.1, -0.05) is 23.2 Å². The summed E-state index contributed by atoms with van der Waals surface area (Å²) in [4.78, 5) is 0. The molecule has 3 nitrogen and oxygen atoms in total. The van der Waals surface area contributed by atoms with E-state index in [-0.39, 0.29) is 0 Å². The number of alkyl halides is 4. The summed E-state index contributed by atoms with van der Waals surface area (Å²) >= 11 is 9.38. The zero-order chi connectivity index (χ0) is 8.21. The molecule has 1 fully saturated rings. The largest absolute Gasteiger partial charge is 0.419 e. The van der Waals surface area contributed by atoms with Crippen LogP contribution in [0.1, 0.15) is 0 Å². The van der Waals surface area contributed by atoms with Gasteiger partial charge in [-0.15, -0.1) is 0 Å². The summed E-state index contributed by atoms with van der Waals surface area (Å²) < 4.78 is 44.2. The molecule has 0 aromatic rings. The number of halogens is 4. The SMILES string of the molecule is O=S1(=O)OC(F)(F)C1(Cl)Cl. The maximum absolute atomic E-state index is 11.9. The molecule has 10 heavy (non-hydrogen) atoms. The highest BCUT2D eigenvalue weighted by Crippen LogP contribution is 2.54. The van der Waals surface area contributed by atoms with Gasteiger partial charge in [-0.05, 0) is 0 Å². The van der Waals surface area contributed by atoms with E-state index in [0.717, 1.165) is 0 Å². The van der Waals surface area contributed by atoms with Gasteiger partial charge in [0.05, 0.1) is 0 Å². The molecule has 0 aromatic heterocycles. The van der Waals surface area contributed by atoms with Crippen molar-refractivity contribution in [3.05, 3.63) is 0 Å². The monoisotopic (exact) mass is 212 g/mol. The first-order chi connectivity index (χ1) is 4.21. The Morgan fingerprint density at radius 1 is 1.30 bits per heavy atom. The molecule has 60 valence electrons. The third kappa shape index (κ3) is 0.761. The van der Waals surface area contributed by atoms with Gasteiger partial charge in [-0.3, -0.25) is 0 Å². The van der Waals surface area contributed by atoms with Gasteiger partial charge in [0.1, 0.15) is 0 Å². The minimum Gasteiger partial charge on any atom is -0.196 e.